The van der Waals surface area contributed by atoms with Crippen LogP contribution in [0.2, 0.25) is 0 Å². The zero-order chi connectivity index (χ0) is 11.6. The van der Waals surface area contributed by atoms with Crippen molar-refractivity contribution in [1.29, 1.82) is 5.26 Å². The van der Waals surface area contributed by atoms with E-state index in [1.54, 1.807) is 0 Å². The predicted molar refractivity (Wildman–Crippen MR) is 65.2 cm³/mol. The van der Waals surface area contributed by atoms with Gasteiger partial charge in [-0.15, -0.1) is 0 Å². The van der Waals surface area contributed by atoms with Gasteiger partial charge in [0.2, 0.25) is 0 Å². The van der Waals surface area contributed by atoms with Gasteiger partial charge >= 0.3 is 0 Å². The van der Waals surface area contributed by atoms with Crippen molar-refractivity contribution < 1.29 is 0 Å². The fourth-order valence-electron chi connectivity index (χ4n) is 2.22. The number of anilines is 1. The Balaban J connectivity index is 2.20. The first-order valence-electron chi connectivity index (χ1n) is 5.65. The van der Waals surface area contributed by atoms with E-state index in [1.165, 1.54) is 11.3 Å². The third-order valence-corrected chi connectivity index (χ3v) is 3.11. The van der Waals surface area contributed by atoms with Crippen molar-refractivity contribution in [2.24, 2.45) is 5.73 Å². The average molecular weight is 215 g/mol. The topological polar surface area (TPSA) is 53.0 Å². The molecule has 1 aromatic carbocycles. The Labute approximate surface area is 96.5 Å². The Morgan fingerprint density at radius 3 is 3.00 bits per heavy atom. The highest BCUT2D eigenvalue weighted by atomic mass is 15.2. The fraction of sp³-hybridized carbons (Fsp3) is 0.462. The van der Waals surface area contributed by atoms with Crippen LogP contribution in [0.1, 0.15) is 18.4 Å². The second kappa shape index (κ2) is 4.15. The molecule has 0 radical (unpaired) electrons. The number of piperidine rings is 1. The number of aryl methyl sites for hydroxylation is 1. The highest BCUT2D eigenvalue weighted by Gasteiger charge is 2.31. The molecule has 1 fully saturated rings. The molecular formula is C13H17N3. The van der Waals surface area contributed by atoms with E-state index >= 15 is 0 Å². The zero-order valence-electron chi connectivity index (χ0n) is 9.61. The maximum Gasteiger partial charge on any atom is 0.121 e. The predicted octanol–water partition coefficient (Wildman–Crippen LogP) is 1.82. The smallest absolute Gasteiger partial charge is 0.121 e. The number of nitrogens with two attached hydrogens (primary N) is 1. The monoisotopic (exact) mass is 215 g/mol. The van der Waals surface area contributed by atoms with E-state index in [4.69, 9.17) is 11.0 Å². The molecule has 1 aliphatic heterocycles. The summed E-state index contributed by atoms with van der Waals surface area (Å²) in [6.45, 7) is 3.70. The molecule has 1 aliphatic rings. The molecule has 16 heavy (non-hydrogen) atoms. The lowest BCUT2D eigenvalue weighted by Crippen LogP contribution is -2.53. The molecule has 2 N–H and O–H groups in total. The molecule has 1 atom stereocenters. The van der Waals surface area contributed by atoms with Crippen molar-refractivity contribution in [3.63, 3.8) is 0 Å². The molecular weight excluding hydrogens is 198 g/mol. The summed E-state index contributed by atoms with van der Waals surface area (Å²) >= 11 is 0. The number of rotatable bonds is 1. The average Bonchev–Trinajstić information content (AvgIpc) is 2.29. The Morgan fingerprint density at radius 2 is 2.31 bits per heavy atom. The van der Waals surface area contributed by atoms with Crippen LogP contribution in [-0.2, 0) is 0 Å². The van der Waals surface area contributed by atoms with Crippen LogP contribution in [0.3, 0.4) is 0 Å². The summed E-state index contributed by atoms with van der Waals surface area (Å²) in [5.74, 6) is 0. The zero-order valence-corrected chi connectivity index (χ0v) is 9.61. The molecule has 0 spiro atoms. The normalized spacial score (nSPS) is 25.2. The molecule has 1 saturated heterocycles. The molecule has 0 bridgehead atoms. The first kappa shape index (κ1) is 11.0. The van der Waals surface area contributed by atoms with Crippen molar-refractivity contribution in [3.05, 3.63) is 29.8 Å². The van der Waals surface area contributed by atoms with E-state index in [1.807, 2.05) is 6.07 Å². The van der Waals surface area contributed by atoms with Crippen molar-refractivity contribution in [2.75, 3.05) is 18.0 Å². The van der Waals surface area contributed by atoms with Gasteiger partial charge in [-0.25, -0.2) is 0 Å². The molecule has 3 nitrogen and oxygen atoms in total. The van der Waals surface area contributed by atoms with E-state index in [-0.39, 0.29) is 0 Å². The van der Waals surface area contributed by atoms with Gasteiger partial charge in [-0.2, -0.15) is 5.26 Å². The summed E-state index contributed by atoms with van der Waals surface area (Å²) in [5, 5.41) is 9.07. The van der Waals surface area contributed by atoms with E-state index in [0.29, 0.717) is 6.54 Å². The summed E-state index contributed by atoms with van der Waals surface area (Å²) in [7, 11) is 0. The van der Waals surface area contributed by atoms with Gasteiger partial charge in [-0.05, 0) is 37.5 Å². The lowest BCUT2D eigenvalue weighted by molar-refractivity contribution is 0.424. The number of nitriles is 1. The molecule has 2 rings (SSSR count). The third-order valence-electron chi connectivity index (χ3n) is 3.11. The first-order chi connectivity index (χ1) is 7.63. The minimum absolute atomic E-state index is 0.632. The molecule has 84 valence electrons. The quantitative estimate of drug-likeness (QED) is 0.777. The van der Waals surface area contributed by atoms with Gasteiger partial charge in [-0.3, -0.25) is 0 Å². The van der Waals surface area contributed by atoms with Crippen molar-refractivity contribution in [1.82, 2.24) is 0 Å². The second-order valence-electron chi connectivity index (χ2n) is 4.63. The number of nitrogens with zero attached hydrogens (tertiary/aromatic N) is 2. The maximum atomic E-state index is 9.07. The van der Waals surface area contributed by atoms with E-state index < -0.39 is 5.54 Å². The van der Waals surface area contributed by atoms with Gasteiger partial charge in [0.25, 0.3) is 0 Å². The largest absolute Gasteiger partial charge is 0.369 e. The highest BCUT2D eigenvalue weighted by molar-refractivity contribution is 5.49. The van der Waals surface area contributed by atoms with Crippen LogP contribution in [0.15, 0.2) is 24.3 Å². The lowest BCUT2D eigenvalue weighted by atomic mass is 9.91. The third kappa shape index (κ3) is 2.17. The number of hydrogen-bond donors (Lipinski definition) is 1. The van der Waals surface area contributed by atoms with Crippen LogP contribution in [0.25, 0.3) is 0 Å². The first-order valence-corrected chi connectivity index (χ1v) is 5.65. The SMILES string of the molecule is Cc1cccc(N2CCCC(N)(C#N)C2)c1. The maximum absolute atomic E-state index is 9.07. The van der Waals surface area contributed by atoms with Gasteiger partial charge in [0.15, 0.2) is 0 Å². The molecule has 0 aromatic heterocycles. The van der Waals surface area contributed by atoms with E-state index in [2.05, 4.69) is 36.1 Å². The summed E-state index contributed by atoms with van der Waals surface area (Å²) in [6, 6.07) is 10.6. The van der Waals surface area contributed by atoms with Crippen LogP contribution >= 0.6 is 0 Å². The lowest BCUT2D eigenvalue weighted by Gasteiger charge is -2.37. The second-order valence-corrected chi connectivity index (χ2v) is 4.63. The number of benzene rings is 1. The van der Waals surface area contributed by atoms with Gasteiger partial charge in [0, 0.05) is 18.8 Å². The molecule has 0 aliphatic carbocycles. The van der Waals surface area contributed by atoms with Gasteiger partial charge in [0.05, 0.1) is 6.07 Å². The summed E-state index contributed by atoms with van der Waals surface area (Å²) in [4.78, 5) is 2.21. The van der Waals surface area contributed by atoms with Crippen molar-refractivity contribution >= 4 is 5.69 Å². The van der Waals surface area contributed by atoms with Crippen molar-refractivity contribution in [2.45, 2.75) is 25.3 Å². The molecule has 1 heterocycles. The Bertz CT molecular complexity index is 421. The Hall–Kier alpha value is -1.53. The van der Waals surface area contributed by atoms with Crippen LogP contribution < -0.4 is 10.6 Å². The summed E-state index contributed by atoms with van der Waals surface area (Å²) in [5.41, 5.74) is 7.75. The van der Waals surface area contributed by atoms with E-state index in [0.717, 1.165) is 19.4 Å². The van der Waals surface area contributed by atoms with Crippen LogP contribution in [0.5, 0.6) is 0 Å². The summed E-state index contributed by atoms with van der Waals surface area (Å²) < 4.78 is 0. The summed E-state index contributed by atoms with van der Waals surface area (Å²) in [6.07, 6.45) is 1.78. The van der Waals surface area contributed by atoms with Crippen molar-refractivity contribution in [3.8, 4) is 6.07 Å². The molecule has 0 saturated carbocycles. The van der Waals surface area contributed by atoms with Gasteiger partial charge in [-0.1, -0.05) is 12.1 Å². The van der Waals surface area contributed by atoms with Gasteiger partial charge < -0.3 is 10.6 Å². The number of hydrogen-bond acceptors (Lipinski definition) is 3. The Kier molecular flexibility index (Phi) is 2.84. The van der Waals surface area contributed by atoms with Crippen LogP contribution in [0.4, 0.5) is 5.69 Å². The standard InChI is InChI=1S/C13H17N3/c1-11-4-2-5-12(8-11)16-7-3-6-13(15,9-14)10-16/h2,4-5,8H,3,6-7,10,15H2,1H3. The van der Waals surface area contributed by atoms with Crippen LogP contribution in [0, 0.1) is 18.3 Å². The fourth-order valence-corrected chi connectivity index (χ4v) is 2.22. The van der Waals surface area contributed by atoms with Gasteiger partial charge in [0.1, 0.15) is 5.54 Å². The minimum Gasteiger partial charge on any atom is -0.369 e. The highest BCUT2D eigenvalue weighted by Crippen LogP contribution is 2.24. The molecule has 1 aromatic rings. The van der Waals surface area contributed by atoms with Crippen LogP contribution in [-0.4, -0.2) is 18.6 Å². The Morgan fingerprint density at radius 1 is 1.50 bits per heavy atom. The molecule has 3 heteroatoms. The molecule has 1 unspecified atom stereocenters. The molecule has 0 amide bonds. The van der Waals surface area contributed by atoms with E-state index in [9.17, 15) is 0 Å². The minimum atomic E-state index is -0.679.